The number of rotatable bonds is 10. The van der Waals surface area contributed by atoms with Gasteiger partial charge >= 0.3 is 0 Å². The van der Waals surface area contributed by atoms with Crippen molar-refractivity contribution in [3.05, 3.63) is 39.7 Å². The van der Waals surface area contributed by atoms with Gasteiger partial charge in [-0.05, 0) is 44.5 Å². The number of aliphatic hydroxyl groups excluding tert-OH is 1. The quantitative estimate of drug-likeness (QED) is 0.372. The third-order valence-corrected chi connectivity index (χ3v) is 12.2. The van der Waals surface area contributed by atoms with Crippen molar-refractivity contribution in [3.63, 3.8) is 0 Å². The number of hydrogen-bond donors (Lipinski definition) is 3. The lowest BCUT2D eigenvalue weighted by Crippen LogP contribution is -2.47. The summed E-state index contributed by atoms with van der Waals surface area (Å²) in [6.45, 7) is 1.37. The van der Waals surface area contributed by atoms with Gasteiger partial charge in [0.1, 0.15) is 27.0 Å². The minimum atomic E-state index is -3.66. The number of ether oxygens (including phenoxy) is 2. The fourth-order valence-corrected chi connectivity index (χ4v) is 8.68. The van der Waals surface area contributed by atoms with E-state index in [1.807, 2.05) is 0 Å². The lowest BCUT2D eigenvalue weighted by atomic mass is 9.88. The van der Waals surface area contributed by atoms with Crippen LogP contribution in [-0.4, -0.2) is 83.9 Å². The van der Waals surface area contributed by atoms with Crippen LogP contribution in [0.1, 0.15) is 19.3 Å². The molecule has 2 atom stereocenters. The monoisotopic (exact) mass is 613 g/mol. The number of halogens is 2. The average Bonchev–Trinajstić information content (AvgIpc) is 3.44. The van der Waals surface area contributed by atoms with Crippen LogP contribution in [-0.2, 0) is 24.8 Å². The third-order valence-electron chi connectivity index (χ3n) is 6.53. The number of thiophene rings is 1. The molecule has 2 saturated heterocycles. The Bertz CT molecular complexity index is 1290. The molecule has 0 saturated carbocycles. The van der Waals surface area contributed by atoms with E-state index in [1.54, 1.807) is 12.1 Å². The van der Waals surface area contributed by atoms with E-state index >= 15 is 0 Å². The smallest absolute Gasteiger partial charge is 0.252 e. The van der Waals surface area contributed by atoms with E-state index in [2.05, 4.69) is 10.0 Å². The zero-order chi connectivity index (χ0) is 26.8. The van der Waals surface area contributed by atoms with Crippen molar-refractivity contribution < 1.29 is 31.4 Å². The molecule has 37 heavy (non-hydrogen) atoms. The highest BCUT2D eigenvalue weighted by molar-refractivity contribution is 7.91. The highest BCUT2D eigenvalue weighted by Crippen LogP contribution is 2.40. The first kappa shape index (κ1) is 29.0. The Labute approximate surface area is 231 Å². The summed E-state index contributed by atoms with van der Waals surface area (Å²) in [7, 11) is -5.91. The number of sulfonamides is 2. The van der Waals surface area contributed by atoms with Gasteiger partial charge in [-0.15, -0.1) is 11.3 Å². The summed E-state index contributed by atoms with van der Waals surface area (Å²) >= 11 is 12.8. The zero-order valence-corrected chi connectivity index (χ0v) is 24.0. The van der Waals surface area contributed by atoms with E-state index < -0.39 is 31.8 Å². The minimum absolute atomic E-state index is 0.0109. The molecule has 0 amide bonds. The van der Waals surface area contributed by atoms with Crippen molar-refractivity contribution >= 4 is 54.6 Å². The van der Waals surface area contributed by atoms with Crippen molar-refractivity contribution in [2.45, 2.75) is 46.1 Å². The molecule has 1 aromatic heterocycles. The van der Waals surface area contributed by atoms with Crippen LogP contribution in [0.3, 0.4) is 0 Å². The molecule has 1 aromatic carbocycles. The van der Waals surface area contributed by atoms with Crippen LogP contribution in [0.4, 0.5) is 0 Å². The summed E-state index contributed by atoms with van der Waals surface area (Å²) in [5.74, 6) is 0.340. The van der Waals surface area contributed by atoms with Crippen LogP contribution < -0.4 is 14.8 Å². The molecule has 206 valence electrons. The fraction of sp³-hybridized carbons (Fsp3) is 0.545. The van der Waals surface area contributed by atoms with Gasteiger partial charge in [0.15, 0.2) is 0 Å². The normalized spacial score (nSPS) is 21.4. The Kier molecular flexibility index (Phi) is 9.11. The zero-order valence-electron chi connectivity index (χ0n) is 20.0. The molecule has 2 aliphatic heterocycles. The first-order valence-corrected chi connectivity index (χ1v) is 16.1. The molecule has 10 nitrogen and oxygen atoms in total. The van der Waals surface area contributed by atoms with Crippen molar-refractivity contribution in [1.82, 2.24) is 14.3 Å². The van der Waals surface area contributed by atoms with E-state index in [4.69, 9.17) is 32.7 Å². The van der Waals surface area contributed by atoms with Crippen LogP contribution >= 0.6 is 34.5 Å². The van der Waals surface area contributed by atoms with Gasteiger partial charge in [0.2, 0.25) is 10.0 Å². The van der Waals surface area contributed by atoms with E-state index in [0.717, 1.165) is 11.3 Å². The third kappa shape index (κ3) is 6.78. The molecule has 2 unspecified atom stereocenters. The molecule has 2 aliphatic rings. The summed E-state index contributed by atoms with van der Waals surface area (Å²) < 4.78 is 65.5. The fourth-order valence-electron chi connectivity index (χ4n) is 4.44. The van der Waals surface area contributed by atoms with Crippen molar-refractivity contribution in [2.24, 2.45) is 0 Å². The van der Waals surface area contributed by atoms with Gasteiger partial charge in [-0.3, -0.25) is 0 Å². The number of hydrogen-bond acceptors (Lipinski definition) is 9. The predicted molar refractivity (Wildman–Crippen MR) is 142 cm³/mol. The highest BCUT2D eigenvalue weighted by Gasteiger charge is 2.45. The topological polar surface area (TPSA) is 134 Å². The predicted octanol–water partition coefficient (Wildman–Crippen LogP) is 2.30. The first-order valence-electron chi connectivity index (χ1n) is 11.6. The maximum atomic E-state index is 12.9. The van der Waals surface area contributed by atoms with Gasteiger partial charge in [-0.25, -0.2) is 21.6 Å². The number of aliphatic hydroxyl groups is 1. The standard InChI is InChI=1S/C22H29Cl2N3O7S3/c1-25-36(29,30)18-4-2-3-17(9-18)33-14-16(28)12-26-15-11-22(34-13-15)5-7-27(8-6-22)37(31,32)20-10-19(23)21(24)35-20/h2-4,9-10,15-16,25-26,28H,5-8,11-14H2,1H3. The molecular weight excluding hydrogens is 585 g/mol. The summed E-state index contributed by atoms with van der Waals surface area (Å²) in [6.07, 6.45) is 1.01. The summed E-state index contributed by atoms with van der Waals surface area (Å²) in [4.78, 5) is 0.0790. The number of piperidine rings is 1. The molecule has 2 aromatic rings. The van der Waals surface area contributed by atoms with Crippen LogP contribution in [0.15, 0.2) is 39.4 Å². The Balaban J connectivity index is 1.23. The largest absolute Gasteiger partial charge is 0.491 e. The van der Waals surface area contributed by atoms with Crippen LogP contribution in [0.2, 0.25) is 9.36 Å². The number of nitrogens with zero attached hydrogens (tertiary/aromatic N) is 1. The highest BCUT2D eigenvalue weighted by atomic mass is 35.5. The first-order chi connectivity index (χ1) is 17.4. The number of nitrogens with one attached hydrogen (secondary N) is 2. The molecule has 4 rings (SSSR count). The molecule has 0 radical (unpaired) electrons. The Morgan fingerprint density at radius 3 is 2.62 bits per heavy atom. The second-order valence-corrected chi connectivity index (χ2v) is 15.2. The molecule has 0 bridgehead atoms. The van der Waals surface area contributed by atoms with Crippen molar-refractivity contribution in [2.75, 3.05) is 39.9 Å². The van der Waals surface area contributed by atoms with Gasteiger partial charge in [-0.2, -0.15) is 4.31 Å². The molecule has 1 spiro atoms. The molecule has 2 fully saturated rings. The molecule has 15 heteroatoms. The van der Waals surface area contributed by atoms with Gasteiger partial charge in [-0.1, -0.05) is 29.3 Å². The van der Waals surface area contributed by atoms with E-state index in [0.29, 0.717) is 44.7 Å². The number of benzene rings is 1. The van der Waals surface area contributed by atoms with E-state index in [-0.39, 0.29) is 37.7 Å². The van der Waals surface area contributed by atoms with E-state index in [1.165, 1.54) is 29.6 Å². The Morgan fingerprint density at radius 2 is 1.97 bits per heavy atom. The SMILES string of the molecule is CNS(=O)(=O)c1cccc(OCC(O)CNC2COC3(CCN(S(=O)(=O)c4cc(Cl)c(Cl)s4)CC3)C2)c1. The summed E-state index contributed by atoms with van der Waals surface area (Å²) in [5.41, 5.74) is -0.408. The van der Waals surface area contributed by atoms with Gasteiger partial charge in [0.05, 0.1) is 22.1 Å². The molecule has 0 aliphatic carbocycles. The van der Waals surface area contributed by atoms with Crippen molar-refractivity contribution in [3.8, 4) is 5.75 Å². The second-order valence-electron chi connectivity index (χ2n) is 9.04. The maximum Gasteiger partial charge on any atom is 0.252 e. The summed E-state index contributed by atoms with van der Waals surface area (Å²) in [6, 6.07) is 7.44. The van der Waals surface area contributed by atoms with Crippen LogP contribution in [0.25, 0.3) is 0 Å². The minimum Gasteiger partial charge on any atom is -0.491 e. The van der Waals surface area contributed by atoms with Crippen LogP contribution in [0, 0.1) is 0 Å². The van der Waals surface area contributed by atoms with Gasteiger partial charge in [0, 0.05) is 31.7 Å². The van der Waals surface area contributed by atoms with E-state index in [9.17, 15) is 21.9 Å². The lowest BCUT2D eigenvalue weighted by Gasteiger charge is -2.37. The Morgan fingerprint density at radius 1 is 1.24 bits per heavy atom. The molecular formula is C22H29Cl2N3O7S3. The van der Waals surface area contributed by atoms with Crippen molar-refractivity contribution in [1.29, 1.82) is 0 Å². The van der Waals surface area contributed by atoms with Gasteiger partial charge < -0.3 is 19.9 Å². The second kappa shape index (κ2) is 11.6. The molecule has 3 N–H and O–H groups in total. The summed E-state index contributed by atoms with van der Waals surface area (Å²) in [5, 5.41) is 13.9. The van der Waals surface area contributed by atoms with Gasteiger partial charge in [0.25, 0.3) is 10.0 Å². The molecule has 3 heterocycles. The lowest BCUT2D eigenvalue weighted by molar-refractivity contribution is -0.0311. The van der Waals surface area contributed by atoms with Crippen LogP contribution in [0.5, 0.6) is 5.75 Å². The Hall–Kier alpha value is -1.000. The average molecular weight is 615 g/mol. The maximum absolute atomic E-state index is 12.9.